The molecule has 1 aliphatic rings. The van der Waals surface area contributed by atoms with Gasteiger partial charge in [0.1, 0.15) is 0 Å². The number of halogens is 1. The number of hydrogen-bond donors (Lipinski definition) is 3. The zero-order valence-corrected chi connectivity index (χ0v) is 12.4. The molecule has 1 saturated carbocycles. The molecule has 0 saturated heterocycles. The van der Waals surface area contributed by atoms with Crippen molar-refractivity contribution < 1.29 is 9.90 Å². The fourth-order valence-electron chi connectivity index (χ4n) is 2.61. The second-order valence-corrected chi connectivity index (χ2v) is 5.38. The number of hydrogen-bond acceptors (Lipinski definition) is 3. The predicted molar refractivity (Wildman–Crippen MR) is 81.5 cm³/mol. The van der Waals surface area contributed by atoms with Gasteiger partial charge in [-0.05, 0) is 24.0 Å². The Morgan fingerprint density at radius 1 is 1.25 bits per heavy atom. The second kappa shape index (κ2) is 7.62. The largest absolute Gasteiger partial charge is 0.392 e. The Labute approximate surface area is 126 Å². The molecule has 0 spiro atoms. The maximum Gasteiger partial charge on any atom is 0.240 e. The van der Waals surface area contributed by atoms with Crippen LogP contribution >= 0.6 is 12.4 Å². The molecule has 0 radical (unpaired) electrons. The van der Waals surface area contributed by atoms with Crippen LogP contribution in [0.25, 0.3) is 0 Å². The number of nitrogens with two attached hydrogens (primary N) is 1. The van der Waals surface area contributed by atoms with E-state index in [4.69, 9.17) is 10.8 Å². The highest BCUT2D eigenvalue weighted by Gasteiger charge is 2.34. The molecule has 1 aliphatic carbocycles. The molecule has 0 unspecified atom stereocenters. The fourth-order valence-corrected chi connectivity index (χ4v) is 2.61. The van der Waals surface area contributed by atoms with Crippen molar-refractivity contribution >= 4 is 18.3 Å². The van der Waals surface area contributed by atoms with Crippen molar-refractivity contribution in [1.82, 2.24) is 5.32 Å². The van der Waals surface area contributed by atoms with Gasteiger partial charge in [0, 0.05) is 6.54 Å². The molecule has 1 fully saturated rings. The van der Waals surface area contributed by atoms with Gasteiger partial charge in [-0.15, -0.1) is 12.4 Å². The highest BCUT2D eigenvalue weighted by Crippen LogP contribution is 2.26. The van der Waals surface area contributed by atoms with Crippen LogP contribution < -0.4 is 11.1 Å². The number of rotatable bonds is 4. The molecule has 112 valence electrons. The average Bonchev–Trinajstić information content (AvgIpc) is 2.45. The predicted octanol–water partition coefficient (Wildman–Crippen LogP) is 1.88. The zero-order chi connectivity index (χ0) is 13.7. The van der Waals surface area contributed by atoms with E-state index < -0.39 is 5.54 Å². The molecular formula is C15H23ClN2O2. The number of benzene rings is 1. The molecule has 4 N–H and O–H groups in total. The van der Waals surface area contributed by atoms with Crippen LogP contribution in [0.3, 0.4) is 0 Å². The number of amides is 1. The van der Waals surface area contributed by atoms with E-state index in [-0.39, 0.29) is 24.9 Å². The van der Waals surface area contributed by atoms with Gasteiger partial charge in [-0.2, -0.15) is 0 Å². The molecule has 1 aromatic rings. The van der Waals surface area contributed by atoms with E-state index in [1.807, 2.05) is 24.3 Å². The van der Waals surface area contributed by atoms with Gasteiger partial charge < -0.3 is 16.2 Å². The normalized spacial score (nSPS) is 17.1. The highest BCUT2D eigenvalue weighted by molar-refractivity contribution is 5.86. The van der Waals surface area contributed by atoms with E-state index in [0.717, 1.165) is 36.8 Å². The topological polar surface area (TPSA) is 75.4 Å². The zero-order valence-electron chi connectivity index (χ0n) is 11.6. The lowest BCUT2D eigenvalue weighted by molar-refractivity contribution is -0.127. The molecule has 0 bridgehead atoms. The Morgan fingerprint density at radius 2 is 1.90 bits per heavy atom. The first-order valence-electron chi connectivity index (χ1n) is 6.90. The molecule has 0 heterocycles. The summed E-state index contributed by atoms with van der Waals surface area (Å²) >= 11 is 0. The Balaban J connectivity index is 0.00000200. The van der Waals surface area contributed by atoms with Crippen LogP contribution in [0.5, 0.6) is 0 Å². The van der Waals surface area contributed by atoms with Crippen LogP contribution in [-0.4, -0.2) is 16.6 Å². The van der Waals surface area contributed by atoms with Crippen molar-refractivity contribution in [1.29, 1.82) is 0 Å². The molecule has 2 rings (SSSR count). The molecule has 1 aromatic carbocycles. The minimum Gasteiger partial charge on any atom is -0.392 e. The molecule has 0 aliphatic heterocycles. The highest BCUT2D eigenvalue weighted by atomic mass is 35.5. The second-order valence-electron chi connectivity index (χ2n) is 5.38. The lowest BCUT2D eigenvalue weighted by atomic mass is 9.82. The van der Waals surface area contributed by atoms with Gasteiger partial charge in [-0.1, -0.05) is 43.5 Å². The quantitative estimate of drug-likeness (QED) is 0.794. The number of nitrogens with one attached hydrogen (secondary N) is 1. The van der Waals surface area contributed by atoms with Gasteiger partial charge in [0.15, 0.2) is 0 Å². The summed E-state index contributed by atoms with van der Waals surface area (Å²) in [6.45, 7) is 0.480. The lowest BCUT2D eigenvalue weighted by Crippen LogP contribution is -2.54. The van der Waals surface area contributed by atoms with Crippen molar-refractivity contribution in [2.75, 3.05) is 0 Å². The fraction of sp³-hybridized carbons (Fsp3) is 0.533. The smallest absolute Gasteiger partial charge is 0.240 e. The van der Waals surface area contributed by atoms with E-state index in [1.165, 1.54) is 6.42 Å². The summed E-state index contributed by atoms with van der Waals surface area (Å²) in [4.78, 5) is 12.2. The first kappa shape index (κ1) is 17.0. The van der Waals surface area contributed by atoms with Gasteiger partial charge in [-0.3, -0.25) is 4.79 Å². The van der Waals surface area contributed by atoms with Crippen LogP contribution in [-0.2, 0) is 17.9 Å². The first-order chi connectivity index (χ1) is 9.14. The van der Waals surface area contributed by atoms with E-state index in [0.29, 0.717) is 6.54 Å². The minimum absolute atomic E-state index is 0. The van der Waals surface area contributed by atoms with Crippen molar-refractivity contribution in [2.24, 2.45) is 5.73 Å². The van der Waals surface area contributed by atoms with Crippen LogP contribution in [0.15, 0.2) is 24.3 Å². The van der Waals surface area contributed by atoms with Gasteiger partial charge in [0.05, 0.1) is 12.1 Å². The number of aliphatic hydroxyl groups excluding tert-OH is 1. The van der Waals surface area contributed by atoms with E-state index in [1.54, 1.807) is 0 Å². The van der Waals surface area contributed by atoms with Crippen LogP contribution in [0.1, 0.15) is 43.2 Å². The standard InChI is InChI=1S/C15H22N2O2.ClH/c16-15(7-2-1-3-8-15)14(19)17-10-12-5-4-6-13(9-12)11-18;/h4-6,9,18H,1-3,7-8,10-11,16H2,(H,17,19);1H. The van der Waals surface area contributed by atoms with Crippen molar-refractivity contribution in [3.05, 3.63) is 35.4 Å². The summed E-state index contributed by atoms with van der Waals surface area (Å²) < 4.78 is 0. The Hall–Kier alpha value is -1.10. The summed E-state index contributed by atoms with van der Waals surface area (Å²) in [6, 6.07) is 7.57. The van der Waals surface area contributed by atoms with E-state index in [2.05, 4.69) is 5.32 Å². The number of carbonyl (C=O) groups excluding carboxylic acids is 1. The molecule has 0 aromatic heterocycles. The molecular weight excluding hydrogens is 276 g/mol. The summed E-state index contributed by atoms with van der Waals surface area (Å²) in [7, 11) is 0. The Bertz CT molecular complexity index is 445. The van der Waals surface area contributed by atoms with Gasteiger partial charge in [-0.25, -0.2) is 0 Å². The van der Waals surface area contributed by atoms with E-state index in [9.17, 15) is 4.79 Å². The summed E-state index contributed by atoms with van der Waals surface area (Å²) in [6.07, 6.45) is 4.78. The molecule has 5 heteroatoms. The monoisotopic (exact) mass is 298 g/mol. The van der Waals surface area contributed by atoms with Crippen LogP contribution in [0.4, 0.5) is 0 Å². The van der Waals surface area contributed by atoms with E-state index >= 15 is 0 Å². The molecule has 4 nitrogen and oxygen atoms in total. The molecule has 1 amide bonds. The molecule has 20 heavy (non-hydrogen) atoms. The van der Waals surface area contributed by atoms with Crippen LogP contribution in [0, 0.1) is 0 Å². The summed E-state index contributed by atoms with van der Waals surface area (Å²) in [5, 5.41) is 12.0. The number of carbonyl (C=O) groups is 1. The summed E-state index contributed by atoms with van der Waals surface area (Å²) in [5.41, 5.74) is 7.32. The third-order valence-corrected chi connectivity index (χ3v) is 3.83. The molecule has 0 atom stereocenters. The minimum atomic E-state index is -0.688. The third kappa shape index (κ3) is 4.20. The average molecular weight is 299 g/mol. The van der Waals surface area contributed by atoms with Crippen molar-refractivity contribution in [3.63, 3.8) is 0 Å². The van der Waals surface area contributed by atoms with Gasteiger partial charge >= 0.3 is 0 Å². The third-order valence-electron chi connectivity index (χ3n) is 3.83. The Kier molecular flexibility index (Phi) is 6.46. The van der Waals surface area contributed by atoms with Gasteiger partial charge in [0.25, 0.3) is 0 Å². The van der Waals surface area contributed by atoms with Crippen molar-refractivity contribution in [3.8, 4) is 0 Å². The Morgan fingerprint density at radius 3 is 2.55 bits per heavy atom. The summed E-state index contributed by atoms with van der Waals surface area (Å²) in [5.74, 6) is -0.0541. The number of aliphatic hydroxyl groups is 1. The van der Waals surface area contributed by atoms with Crippen LogP contribution in [0.2, 0.25) is 0 Å². The lowest BCUT2D eigenvalue weighted by Gasteiger charge is -2.31. The van der Waals surface area contributed by atoms with Crippen molar-refractivity contribution in [2.45, 2.75) is 50.8 Å². The SMILES string of the molecule is Cl.NC1(C(=O)NCc2cccc(CO)c2)CCCCC1. The first-order valence-corrected chi connectivity index (χ1v) is 6.90. The maximum absolute atomic E-state index is 12.2. The van der Waals surface area contributed by atoms with Gasteiger partial charge in [0.2, 0.25) is 5.91 Å². The maximum atomic E-state index is 12.2.